The van der Waals surface area contributed by atoms with Crippen LogP contribution >= 0.6 is 34.2 Å². The highest BCUT2D eigenvalue weighted by molar-refractivity contribution is 14.1. The zero-order valence-electron chi connectivity index (χ0n) is 7.22. The summed E-state index contributed by atoms with van der Waals surface area (Å²) < 4.78 is 11.3. The Kier molecular flexibility index (Phi) is 4.83. The van der Waals surface area contributed by atoms with E-state index in [-0.39, 0.29) is 0 Å². The lowest BCUT2D eigenvalue weighted by molar-refractivity contribution is 0.146. The van der Waals surface area contributed by atoms with Gasteiger partial charge in [0.2, 0.25) is 0 Å². The second-order valence-corrected chi connectivity index (χ2v) is 3.99. The number of ether oxygens (including phenoxy) is 2. The zero-order valence-corrected chi connectivity index (χ0v) is 10.1. The highest BCUT2D eigenvalue weighted by atomic mass is 127. The fourth-order valence-electron chi connectivity index (χ4n) is 0.809. The molecule has 0 spiro atoms. The van der Waals surface area contributed by atoms with Gasteiger partial charge in [-0.2, -0.15) is 0 Å². The molecule has 0 heterocycles. The van der Waals surface area contributed by atoms with Crippen molar-refractivity contribution in [1.29, 1.82) is 0 Å². The maximum atomic E-state index is 5.91. The minimum atomic E-state index is 0.549. The average molecular weight is 313 g/mol. The van der Waals surface area contributed by atoms with Crippen LogP contribution in [0.2, 0.25) is 5.02 Å². The molecule has 0 aliphatic rings. The zero-order chi connectivity index (χ0) is 9.68. The summed E-state index contributed by atoms with van der Waals surface area (Å²) >= 11 is 8.08. The molecule has 0 saturated carbocycles. The average Bonchev–Trinajstić information content (AvgIpc) is 2.12. The third-order valence-electron chi connectivity index (χ3n) is 1.45. The molecule has 0 saturated heterocycles. The lowest BCUT2D eigenvalue weighted by Crippen LogP contribution is -2.04. The Labute approximate surface area is 96.3 Å². The first-order valence-electron chi connectivity index (χ1n) is 3.81. The fraction of sp³-hybridized carbons (Fsp3) is 0.333. The van der Waals surface area contributed by atoms with Gasteiger partial charge in [-0.05, 0) is 40.8 Å². The normalized spacial score (nSPS) is 10.1. The summed E-state index contributed by atoms with van der Waals surface area (Å²) in [6.07, 6.45) is 0. The Morgan fingerprint density at radius 3 is 2.77 bits per heavy atom. The molecule has 0 bridgehead atoms. The van der Waals surface area contributed by atoms with E-state index in [1.54, 1.807) is 13.2 Å². The molecule has 1 aromatic rings. The van der Waals surface area contributed by atoms with Gasteiger partial charge in [-0.15, -0.1) is 0 Å². The van der Waals surface area contributed by atoms with Crippen LogP contribution in [-0.2, 0) is 4.74 Å². The molecule has 1 aromatic carbocycles. The largest absolute Gasteiger partial charge is 0.491 e. The predicted octanol–water partition coefficient (Wildman–Crippen LogP) is 2.97. The standard InChI is InChI=1S/C9H10ClIO2/c1-12-4-5-13-7-2-3-9(11)8(10)6-7/h2-3,6H,4-5H2,1H3. The second kappa shape index (κ2) is 5.67. The molecule has 0 atom stereocenters. The summed E-state index contributed by atoms with van der Waals surface area (Å²) in [5, 5.41) is 0.718. The summed E-state index contributed by atoms with van der Waals surface area (Å²) in [6.45, 7) is 1.14. The lowest BCUT2D eigenvalue weighted by atomic mass is 10.3. The van der Waals surface area contributed by atoms with Crippen molar-refractivity contribution in [3.63, 3.8) is 0 Å². The summed E-state index contributed by atoms with van der Waals surface area (Å²) in [6, 6.07) is 5.62. The van der Waals surface area contributed by atoms with Gasteiger partial charge in [0, 0.05) is 10.7 Å². The van der Waals surface area contributed by atoms with Crippen LogP contribution in [0.1, 0.15) is 0 Å². The molecule has 0 radical (unpaired) electrons. The van der Waals surface area contributed by atoms with E-state index < -0.39 is 0 Å². The van der Waals surface area contributed by atoms with Gasteiger partial charge in [0.1, 0.15) is 12.4 Å². The molecule has 1 rings (SSSR count). The van der Waals surface area contributed by atoms with Gasteiger partial charge in [0.25, 0.3) is 0 Å². The molecule has 4 heteroatoms. The maximum Gasteiger partial charge on any atom is 0.120 e. The first-order valence-corrected chi connectivity index (χ1v) is 5.26. The maximum absolute atomic E-state index is 5.91. The minimum Gasteiger partial charge on any atom is -0.491 e. The Bertz CT molecular complexity index is 278. The van der Waals surface area contributed by atoms with Gasteiger partial charge in [0.05, 0.1) is 11.6 Å². The summed E-state index contributed by atoms with van der Waals surface area (Å²) in [7, 11) is 1.64. The molecule has 0 N–H and O–H groups in total. The third-order valence-corrected chi connectivity index (χ3v) is 3.02. The van der Waals surface area contributed by atoms with Crippen LogP contribution < -0.4 is 4.74 Å². The van der Waals surface area contributed by atoms with Gasteiger partial charge in [-0.3, -0.25) is 0 Å². The van der Waals surface area contributed by atoms with E-state index in [0.717, 1.165) is 14.3 Å². The molecule has 0 aliphatic carbocycles. The van der Waals surface area contributed by atoms with E-state index >= 15 is 0 Å². The smallest absolute Gasteiger partial charge is 0.120 e. The number of hydrogen-bond donors (Lipinski definition) is 0. The molecule has 13 heavy (non-hydrogen) atoms. The summed E-state index contributed by atoms with van der Waals surface area (Å²) in [4.78, 5) is 0. The van der Waals surface area contributed by atoms with Crippen molar-refractivity contribution in [2.75, 3.05) is 20.3 Å². The SMILES string of the molecule is COCCOc1ccc(I)c(Cl)c1. The van der Waals surface area contributed by atoms with E-state index in [0.29, 0.717) is 13.2 Å². The van der Waals surface area contributed by atoms with Crippen LogP contribution in [0.4, 0.5) is 0 Å². The first kappa shape index (κ1) is 11.1. The van der Waals surface area contributed by atoms with Crippen molar-refractivity contribution in [3.05, 3.63) is 26.8 Å². The highest BCUT2D eigenvalue weighted by Crippen LogP contribution is 2.23. The Balaban J connectivity index is 2.53. The Hall–Kier alpha value is -0.0000000000000000555. The van der Waals surface area contributed by atoms with Crippen molar-refractivity contribution < 1.29 is 9.47 Å². The highest BCUT2D eigenvalue weighted by Gasteiger charge is 1.98. The fourth-order valence-corrected chi connectivity index (χ4v) is 1.32. The molecule has 72 valence electrons. The Morgan fingerprint density at radius 2 is 2.15 bits per heavy atom. The van der Waals surface area contributed by atoms with Gasteiger partial charge in [-0.1, -0.05) is 11.6 Å². The van der Waals surface area contributed by atoms with E-state index in [1.165, 1.54) is 0 Å². The Morgan fingerprint density at radius 1 is 1.38 bits per heavy atom. The second-order valence-electron chi connectivity index (χ2n) is 2.42. The molecule has 0 aliphatic heterocycles. The number of rotatable bonds is 4. The van der Waals surface area contributed by atoms with E-state index in [9.17, 15) is 0 Å². The number of hydrogen-bond acceptors (Lipinski definition) is 2. The van der Waals surface area contributed by atoms with Crippen molar-refractivity contribution in [2.45, 2.75) is 0 Å². The third kappa shape index (κ3) is 3.70. The molecular weight excluding hydrogens is 302 g/mol. The van der Waals surface area contributed by atoms with Crippen molar-refractivity contribution in [3.8, 4) is 5.75 Å². The van der Waals surface area contributed by atoms with Crippen molar-refractivity contribution in [1.82, 2.24) is 0 Å². The van der Waals surface area contributed by atoms with Crippen LogP contribution in [0.3, 0.4) is 0 Å². The molecule has 0 unspecified atom stereocenters. The first-order chi connectivity index (χ1) is 6.24. The number of halogens is 2. The number of methoxy groups -OCH3 is 1. The van der Waals surface area contributed by atoms with E-state index in [4.69, 9.17) is 21.1 Å². The molecule has 0 amide bonds. The monoisotopic (exact) mass is 312 g/mol. The van der Waals surface area contributed by atoms with E-state index in [2.05, 4.69) is 22.6 Å². The molecule has 0 aromatic heterocycles. The quantitative estimate of drug-likeness (QED) is 0.628. The predicted molar refractivity (Wildman–Crippen MR) is 61.5 cm³/mol. The van der Waals surface area contributed by atoms with Crippen molar-refractivity contribution >= 4 is 34.2 Å². The van der Waals surface area contributed by atoms with Crippen LogP contribution in [0.15, 0.2) is 18.2 Å². The minimum absolute atomic E-state index is 0.549. The molecule has 0 fully saturated rings. The van der Waals surface area contributed by atoms with E-state index in [1.807, 2.05) is 12.1 Å². The van der Waals surface area contributed by atoms with Gasteiger partial charge >= 0.3 is 0 Å². The molecular formula is C9H10ClIO2. The number of benzene rings is 1. The van der Waals surface area contributed by atoms with Gasteiger partial charge < -0.3 is 9.47 Å². The van der Waals surface area contributed by atoms with Crippen molar-refractivity contribution in [2.24, 2.45) is 0 Å². The topological polar surface area (TPSA) is 18.5 Å². The van der Waals surface area contributed by atoms with Gasteiger partial charge in [0.15, 0.2) is 0 Å². The van der Waals surface area contributed by atoms with Crippen LogP contribution in [0, 0.1) is 3.57 Å². The van der Waals surface area contributed by atoms with Crippen LogP contribution in [-0.4, -0.2) is 20.3 Å². The van der Waals surface area contributed by atoms with Crippen LogP contribution in [0.25, 0.3) is 0 Å². The lowest BCUT2D eigenvalue weighted by Gasteiger charge is -2.05. The van der Waals surface area contributed by atoms with Gasteiger partial charge in [-0.25, -0.2) is 0 Å². The summed E-state index contributed by atoms with van der Waals surface area (Å²) in [5.74, 6) is 0.780. The summed E-state index contributed by atoms with van der Waals surface area (Å²) in [5.41, 5.74) is 0. The van der Waals surface area contributed by atoms with Crippen LogP contribution in [0.5, 0.6) is 5.75 Å². The molecule has 2 nitrogen and oxygen atoms in total.